The van der Waals surface area contributed by atoms with Crippen molar-refractivity contribution in [2.24, 2.45) is 5.92 Å². The highest BCUT2D eigenvalue weighted by Gasteiger charge is 2.10. The summed E-state index contributed by atoms with van der Waals surface area (Å²) in [6.07, 6.45) is 2.31. The van der Waals surface area contributed by atoms with Gasteiger partial charge >= 0.3 is 0 Å². The molecule has 1 unspecified atom stereocenters. The fourth-order valence-corrected chi connectivity index (χ4v) is 3.15. The highest BCUT2D eigenvalue weighted by atomic mass is 32.2. The number of hydrogen-bond donors (Lipinski definition) is 1. The third-order valence-electron chi connectivity index (χ3n) is 3.17. The summed E-state index contributed by atoms with van der Waals surface area (Å²) in [6, 6.07) is 9.62. The summed E-state index contributed by atoms with van der Waals surface area (Å²) in [5.74, 6) is 3.19. The van der Waals surface area contributed by atoms with Crippen molar-refractivity contribution in [2.45, 2.75) is 46.6 Å². The Morgan fingerprint density at radius 1 is 1.05 bits per heavy atom. The zero-order valence-electron chi connectivity index (χ0n) is 12.9. The van der Waals surface area contributed by atoms with Gasteiger partial charge in [-0.3, -0.25) is 0 Å². The van der Waals surface area contributed by atoms with E-state index in [1.54, 1.807) is 0 Å². The van der Waals surface area contributed by atoms with Crippen molar-refractivity contribution in [1.29, 1.82) is 0 Å². The summed E-state index contributed by atoms with van der Waals surface area (Å²) >= 11 is 2.06. The van der Waals surface area contributed by atoms with Gasteiger partial charge < -0.3 is 5.32 Å². The van der Waals surface area contributed by atoms with Gasteiger partial charge in [0.15, 0.2) is 0 Å². The third kappa shape index (κ3) is 6.49. The Hall–Kier alpha value is -0.470. The molecule has 2 heteroatoms. The molecule has 19 heavy (non-hydrogen) atoms. The zero-order valence-corrected chi connectivity index (χ0v) is 13.7. The van der Waals surface area contributed by atoms with E-state index in [1.807, 2.05) is 0 Å². The first kappa shape index (κ1) is 16.6. The normalized spacial score (nSPS) is 12.9. The summed E-state index contributed by atoms with van der Waals surface area (Å²) in [5, 5.41) is 3.68. The Bertz CT molecular complexity index is 332. The van der Waals surface area contributed by atoms with E-state index in [-0.39, 0.29) is 0 Å². The topological polar surface area (TPSA) is 12.0 Å². The molecule has 0 spiro atoms. The molecule has 0 heterocycles. The summed E-state index contributed by atoms with van der Waals surface area (Å²) < 4.78 is 0. The predicted molar refractivity (Wildman–Crippen MR) is 89.0 cm³/mol. The van der Waals surface area contributed by atoms with E-state index in [2.05, 4.69) is 69.0 Å². The Balaban J connectivity index is 2.60. The number of benzene rings is 1. The van der Waals surface area contributed by atoms with Gasteiger partial charge in [0.25, 0.3) is 0 Å². The van der Waals surface area contributed by atoms with Gasteiger partial charge in [-0.2, -0.15) is 11.8 Å². The van der Waals surface area contributed by atoms with Crippen LogP contribution in [0.3, 0.4) is 0 Å². The lowest BCUT2D eigenvalue weighted by Gasteiger charge is -2.19. The van der Waals surface area contributed by atoms with Crippen LogP contribution in [0.2, 0.25) is 0 Å². The quantitative estimate of drug-likeness (QED) is 0.704. The summed E-state index contributed by atoms with van der Waals surface area (Å²) in [7, 11) is 0. The fraction of sp³-hybridized carbons (Fsp3) is 0.647. The van der Waals surface area contributed by atoms with Crippen LogP contribution in [0.15, 0.2) is 24.3 Å². The molecule has 108 valence electrons. The Morgan fingerprint density at radius 3 is 2.26 bits per heavy atom. The van der Waals surface area contributed by atoms with Crippen LogP contribution in [0.4, 0.5) is 0 Å². The van der Waals surface area contributed by atoms with E-state index in [1.165, 1.54) is 29.1 Å². The largest absolute Gasteiger partial charge is 0.309 e. The van der Waals surface area contributed by atoms with E-state index in [0.717, 1.165) is 18.9 Å². The number of nitrogens with one attached hydrogen (secondary N) is 1. The molecule has 0 aliphatic heterocycles. The molecule has 1 N–H and O–H groups in total. The van der Waals surface area contributed by atoms with Crippen molar-refractivity contribution in [1.82, 2.24) is 5.32 Å². The molecule has 1 atom stereocenters. The van der Waals surface area contributed by atoms with Gasteiger partial charge in [0, 0.05) is 11.8 Å². The van der Waals surface area contributed by atoms with Gasteiger partial charge in [-0.1, -0.05) is 52.0 Å². The van der Waals surface area contributed by atoms with E-state index >= 15 is 0 Å². The van der Waals surface area contributed by atoms with E-state index in [0.29, 0.717) is 6.04 Å². The minimum absolute atomic E-state index is 0.495. The van der Waals surface area contributed by atoms with Gasteiger partial charge in [-0.05, 0) is 42.2 Å². The van der Waals surface area contributed by atoms with Crippen LogP contribution in [-0.2, 0) is 6.42 Å². The number of aryl methyl sites for hydroxylation is 1. The maximum Gasteiger partial charge on any atom is 0.0411 e. The number of rotatable bonds is 9. The average Bonchev–Trinajstić information content (AvgIpc) is 2.42. The first-order valence-corrected chi connectivity index (χ1v) is 8.72. The molecule has 0 saturated heterocycles. The Kier molecular flexibility index (Phi) is 8.24. The van der Waals surface area contributed by atoms with Crippen molar-refractivity contribution in [3.63, 3.8) is 0 Å². The maximum absolute atomic E-state index is 3.68. The summed E-state index contributed by atoms with van der Waals surface area (Å²) in [5.41, 5.74) is 2.86. The highest BCUT2D eigenvalue weighted by Crippen LogP contribution is 2.20. The molecule has 0 fully saturated rings. The van der Waals surface area contributed by atoms with Gasteiger partial charge in [-0.15, -0.1) is 0 Å². The molecular formula is C17H29NS. The smallest absolute Gasteiger partial charge is 0.0411 e. The molecule has 0 amide bonds. The predicted octanol–water partition coefficient (Wildman–Crippen LogP) is 4.68. The van der Waals surface area contributed by atoms with Crippen molar-refractivity contribution in [2.75, 3.05) is 18.1 Å². The molecule has 0 bridgehead atoms. The second kappa shape index (κ2) is 9.44. The van der Waals surface area contributed by atoms with Gasteiger partial charge in [0.1, 0.15) is 0 Å². The van der Waals surface area contributed by atoms with Crippen molar-refractivity contribution in [3.05, 3.63) is 35.4 Å². The lowest BCUT2D eigenvalue weighted by molar-refractivity contribution is 0.576. The Morgan fingerprint density at radius 2 is 1.74 bits per heavy atom. The summed E-state index contributed by atoms with van der Waals surface area (Å²) in [6.45, 7) is 10.1. The zero-order chi connectivity index (χ0) is 14.1. The molecule has 0 radical (unpaired) electrons. The molecular weight excluding hydrogens is 250 g/mol. The van der Waals surface area contributed by atoms with Gasteiger partial charge in [0.05, 0.1) is 0 Å². The maximum atomic E-state index is 3.68. The molecule has 0 saturated carbocycles. The fourth-order valence-electron chi connectivity index (χ4n) is 2.00. The van der Waals surface area contributed by atoms with E-state index < -0.39 is 0 Å². The second-order valence-electron chi connectivity index (χ2n) is 5.53. The van der Waals surface area contributed by atoms with Gasteiger partial charge in [0.2, 0.25) is 0 Å². The van der Waals surface area contributed by atoms with Crippen LogP contribution in [0, 0.1) is 5.92 Å². The average molecular weight is 279 g/mol. The summed E-state index contributed by atoms with van der Waals surface area (Å²) in [4.78, 5) is 0. The van der Waals surface area contributed by atoms with Crippen LogP contribution in [0.1, 0.15) is 51.3 Å². The molecule has 0 aliphatic rings. The molecule has 1 aromatic carbocycles. The SMILES string of the molecule is CCCNC(CSCC(C)C)c1ccc(CC)cc1. The van der Waals surface area contributed by atoms with Crippen LogP contribution >= 0.6 is 11.8 Å². The van der Waals surface area contributed by atoms with Crippen molar-refractivity contribution < 1.29 is 0 Å². The van der Waals surface area contributed by atoms with Gasteiger partial charge in [-0.25, -0.2) is 0 Å². The van der Waals surface area contributed by atoms with Crippen molar-refractivity contribution >= 4 is 11.8 Å². The standard InChI is InChI=1S/C17H29NS/c1-5-11-18-17(13-19-12-14(3)4)16-9-7-15(6-2)8-10-16/h7-10,14,17-18H,5-6,11-13H2,1-4H3. The minimum atomic E-state index is 0.495. The lowest BCUT2D eigenvalue weighted by atomic mass is 10.0. The Labute approximate surface area is 123 Å². The van der Waals surface area contributed by atoms with E-state index in [9.17, 15) is 0 Å². The van der Waals surface area contributed by atoms with Crippen LogP contribution in [-0.4, -0.2) is 18.1 Å². The third-order valence-corrected chi connectivity index (χ3v) is 4.64. The molecule has 1 nitrogen and oxygen atoms in total. The number of hydrogen-bond acceptors (Lipinski definition) is 2. The van der Waals surface area contributed by atoms with Crippen LogP contribution < -0.4 is 5.32 Å². The van der Waals surface area contributed by atoms with Crippen LogP contribution in [0.25, 0.3) is 0 Å². The molecule has 0 aliphatic carbocycles. The first-order valence-electron chi connectivity index (χ1n) is 7.57. The molecule has 1 aromatic rings. The van der Waals surface area contributed by atoms with Crippen molar-refractivity contribution in [3.8, 4) is 0 Å². The highest BCUT2D eigenvalue weighted by molar-refractivity contribution is 7.99. The molecule has 1 rings (SSSR count). The monoisotopic (exact) mass is 279 g/mol. The second-order valence-corrected chi connectivity index (χ2v) is 6.61. The lowest BCUT2D eigenvalue weighted by Crippen LogP contribution is -2.24. The van der Waals surface area contributed by atoms with E-state index in [4.69, 9.17) is 0 Å². The first-order chi connectivity index (χ1) is 9.17. The van der Waals surface area contributed by atoms with Crippen LogP contribution in [0.5, 0.6) is 0 Å². The minimum Gasteiger partial charge on any atom is -0.309 e. The molecule has 0 aromatic heterocycles. The number of thioether (sulfide) groups is 1.